The van der Waals surface area contributed by atoms with Crippen molar-refractivity contribution in [3.8, 4) is 0 Å². The first-order valence-corrected chi connectivity index (χ1v) is 7.84. The zero-order valence-corrected chi connectivity index (χ0v) is 12.3. The zero-order valence-electron chi connectivity index (χ0n) is 11.5. The van der Waals surface area contributed by atoms with Crippen molar-refractivity contribution in [2.75, 3.05) is 0 Å². The van der Waals surface area contributed by atoms with Crippen LogP contribution in [0, 0.1) is 0 Å². The third kappa shape index (κ3) is 2.72. The Bertz CT molecular complexity index is 570. The third-order valence-electron chi connectivity index (χ3n) is 3.72. The van der Waals surface area contributed by atoms with E-state index >= 15 is 0 Å². The SMILES string of the molecule is CC(C)c1csc(C(N)c2cccc(C3CC3)c2)n1. The van der Waals surface area contributed by atoms with E-state index in [0.717, 1.165) is 16.6 Å². The Hall–Kier alpha value is -1.19. The lowest BCUT2D eigenvalue weighted by molar-refractivity contribution is 0.794. The molecule has 0 amide bonds. The predicted molar refractivity (Wildman–Crippen MR) is 80.7 cm³/mol. The van der Waals surface area contributed by atoms with E-state index in [1.807, 2.05) is 0 Å². The average molecular weight is 272 g/mol. The molecule has 2 nitrogen and oxygen atoms in total. The van der Waals surface area contributed by atoms with Crippen molar-refractivity contribution in [3.63, 3.8) is 0 Å². The molecular formula is C16H20N2S. The molecule has 100 valence electrons. The normalized spacial score (nSPS) is 16.8. The molecule has 2 aromatic rings. The molecule has 1 aromatic carbocycles. The standard InChI is InChI=1S/C16H20N2S/c1-10(2)14-9-19-16(18-14)15(17)13-5-3-4-12(8-13)11-6-7-11/h3-5,8-11,15H,6-7,17H2,1-2H3. The van der Waals surface area contributed by atoms with Gasteiger partial charge >= 0.3 is 0 Å². The van der Waals surface area contributed by atoms with E-state index in [1.54, 1.807) is 11.3 Å². The summed E-state index contributed by atoms with van der Waals surface area (Å²) >= 11 is 1.67. The van der Waals surface area contributed by atoms with Crippen molar-refractivity contribution in [3.05, 3.63) is 51.5 Å². The van der Waals surface area contributed by atoms with Crippen LogP contribution < -0.4 is 5.73 Å². The van der Waals surface area contributed by atoms with Crippen LogP contribution in [0.15, 0.2) is 29.6 Å². The number of hydrogen-bond donors (Lipinski definition) is 1. The number of benzene rings is 1. The van der Waals surface area contributed by atoms with Crippen LogP contribution in [0.4, 0.5) is 0 Å². The average Bonchev–Trinajstić information content (AvgIpc) is 3.15. The number of nitrogens with two attached hydrogens (primary N) is 1. The maximum atomic E-state index is 6.37. The van der Waals surface area contributed by atoms with Gasteiger partial charge in [-0.1, -0.05) is 38.1 Å². The number of thiazole rings is 1. The molecule has 0 saturated heterocycles. The molecule has 1 unspecified atom stereocenters. The monoisotopic (exact) mass is 272 g/mol. The van der Waals surface area contributed by atoms with Crippen molar-refractivity contribution in [2.45, 2.75) is 44.6 Å². The zero-order chi connectivity index (χ0) is 13.4. The van der Waals surface area contributed by atoms with Crippen molar-refractivity contribution in [1.29, 1.82) is 0 Å². The van der Waals surface area contributed by atoms with Crippen LogP contribution in [0.1, 0.15) is 66.4 Å². The van der Waals surface area contributed by atoms with Gasteiger partial charge in [0.15, 0.2) is 0 Å². The fraction of sp³-hybridized carbons (Fsp3) is 0.438. The van der Waals surface area contributed by atoms with E-state index < -0.39 is 0 Å². The minimum Gasteiger partial charge on any atom is -0.318 e. The van der Waals surface area contributed by atoms with Crippen molar-refractivity contribution >= 4 is 11.3 Å². The molecule has 3 rings (SSSR count). The predicted octanol–water partition coefficient (Wildman–Crippen LogP) is 4.19. The van der Waals surface area contributed by atoms with Gasteiger partial charge in [-0.05, 0) is 35.8 Å². The Morgan fingerprint density at radius 2 is 2.11 bits per heavy atom. The quantitative estimate of drug-likeness (QED) is 0.906. The summed E-state index contributed by atoms with van der Waals surface area (Å²) in [7, 11) is 0. The summed E-state index contributed by atoms with van der Waals surface area (Å²) in [6, 6.07) is 8.64. The Balaban J connectivity index is 1.85. The first kappa shape index (κ1) is 12.8. The molecule has 1 heterocycles. The molecule has 19 heavy (non-hydrogen) atoms. The van der Waals surface area contributed by atoms with Crippen molar-refractivity contribution in [1.82, 2.24) is 4.98 Å². The highest BCUT2D eigenvalue weighted by Crippen LogP contribution is 2.40. The fourth-order valence-corrected chi connectivity index (χ4v) is 3.28. The number of rotatable bonds is 4. The first-order chi connectivity index (χ1) is 9.15. The number of hydrogen-bond acceptors (Lipinski definition) is 3. The van der Waals surface area contributed by atoms with Crippen molar-refractivity contribution in [2.24, 2.45) is 5.73 Å². The van der Waals surface area contributed by atoms with Gasteiger partial charge in [0.25, 0.3) is 0 Å². The van der Waals surface area contributed by atoms with E-state index in [0.29, 0.717) is 5.92 Å². The Labute approximate surface area is 118 Å². The van der Waals surface area contributed by atoms with E-state index in [1.165, 1.54) is 24.0 Å². The third-order valence-corrected chi connectivity index (χ3v) is 4.66. The molecule has 3 heteroatoms. The van der Waals surface area contributed by atoms with Crippen LogP contribution in [0.3, 0.4) is 0 Å². The van der Waals surface area contributed by atoms with Gasteiger partial charge < -0.3 is 5.73 Å². The van der Waals surface area contributed by atoms with Gasteiger partial charge in [0, 0.05) is 5.38 Å². The lowest BCUT2D eigenvalue weighted by Gasteiger charge is -2.10. The summed E-state index contributed by atoms with van der Waals surface area (Å²) in [6.45, 7) is 4.33. The largest absolute Gasteiger partial charge is 0.318 e. The molecule has 0 radical (unpaired) electrons. The molecule has 1 aliphatic carbocycles. The summed E-state index contributed by atoms with van der Waals surface area (Å²) < 4.78 is 0. The molecule has 1 fully saturated rings. The van der Waals surface area contributed by atoms with E-state index in [2.05, 4.69) is 48.5 Å². The topological polar surface area (TPSA) is 38.9 Å². The smallest absolute Gasteiger partial charge is 0.114 e. The van der Waals surface area contributed by atoms with Gasteiger partial charge in [-0.2, -0.15) is 0 Å². The number of aromatic nitrogens is 1. The van der Waals surface area contributed by atoms with Crippen LogP contribution in [0.25, 0.3) is 0 Å². The van der Waals surface area contributed by atoms with Gasteiger partial charge in [0.2, 0.25) is 0 Å². The minimum absolute atomic E-state index is 0.0869. The molecule has 1 saturated carbocycles. The Morgan fingerprint density at radius 3 is 2.74 bits per heavy atom. The molecule has 1 atom stereocenters. The second-order valence-electron chi connectivity index (χ2n) is 5.69. The van der Waals surface area contributed by atoms with Gasteiger partial charge in [-0.3, -0.25) is 0 Å². The fourth-order valence-electron chi connectivity index (χ4n) is 2.27. The summed E-state index contributed by atoms with van der Waals surface area (Å²) in [5.74, 6) is 1.24. The van der Waals surface area contributed by atoms with Gasteiger partial charge in [0.05, 0.1) is 11.7 Å². The van der Waals surface area contributed by atoms with Crippen molar-refractivity contribution < 1.29 is 0 Å². The lowest BCUT2D eigenvalue weighted by Crippen LogP contribution is -2.12. The van der Waals surface area contributed by atoms with Gasteiger partial charge in [0.1, 0.15) is 5.01 Å². The summed E-state index contributed by atoms with van der Waals surface area (Å²) in [6.07, 6.45) is 2.65. The maximum absolute atomic E-state index is 6.37. The Kier molecular flexibility index (Phi) is 3.42. The van der Waals surface area contributed by atoms with Crippen LogP contribution in [-0.2, 0) is 0 Å². The maximum Gasteiger partial charge on any atom is 0.114 e. The summed E-state index contributed by atoms with van der Waals surface area (Å²) in [5.41, 5.74) is 10.1. The first-order valence-electron chi connectivity index (χ1n) is 6.96. The second-order valence-corrected chi connectivity index (χ2v) is 6.58. The van der Waals surface area contributed by atoms with E-state index in [9.17, 15) is 0 Å². The molecule has 1 aromatic heterocycles. The summed E-state index contributed by atoms with van der Waals surface area (Å²) in [4.78, 5) is 4.67. The lowest BCUT2D eigenvalue weighted by atomic mass is 10.0. The molecule has 0 bridgehead atoms. The van der Waals surface area contributed by atoms with E-state index in [-0.39, 0.29) is 6.04 Å². The highest BCUT2D eigenvalue weighted by Gasteiger charge is 2.24. The second kappa shape index (κ2) is 5.06. The van der Waals surface area contributed by atoms with Crippen LogP contribution in [0.5, 0.6) is 0 Å². The minimum atomic E-state index is -0.0869. The van der Waals surface area contributed by atoms with Crippen LogP contribution in [-0.4, -0.2) is 4.98 Å². The highest BCUT2D eigenvalue weighted by molar-refractivity contribution is 7.09. The molecule has 0 aliphatic heterocycles. The van der Waals surface area contributed by atoms with Gasteiger partial charge in [-0.15, -0.1) is 11.3 Å². The summed E-state index contributed by atoms with van der Waals surface area (Å²) in [5, 5.41) is 3.15. The Morgan fingerprint density at radius 1 is 1.32 bits per heavy atom. The highest BCUT2D eigenvalue weighted by atomic mass is 32.1. The molecule has 2 N–H and O–H groups in total. The molecule has 0 spiro atoms. The van der Waals surface area contributed by atoms with Gasteiger partial charge in [-0.25, -0.2) is 4.98 Å². The molecule has 1 aliphatic rings. The van der Waals surface area contributed by atoms with Crippen LogP contribution >= 0.6 is 11.3 Å². The van der Waals surface area contributed by atoms with E-state index in [4.69, 9.17) is 5.73 Å². The number of nitrogens with zero attached hydrogens (tertiary/aromatic N) is 1. The molecular weight excluding hydrogens is 252 g/mol. The van der Waals surface area contributed by atoms with Crippen LogP contribution in [0.2, 0.25) is 0 Å².